The van der Waals surface area contributed by atoms with Crippen LogP contribution in [0.25, 0.3) is 0 Å². The molecule has 0 fully saturated rings. The minimum atomic E-state index is -1.32. The lowest BCUT2D eigenvalue weighted by Gasteiger charge is -2.09. The summed E-state index contributed by atoms with van der Waals surface area (Å²) in [5.41, 5.74) is -0.149. The second-order valence-corrected chi connectivity index (χ2v) is 4.17. The number of hydrogen-bond donors (Lipinski definition) is 2. The predicted molar refractivity (Wildman–Crippen MR) is 72.5 cm³/mol. The van der Waals surface area contributed by atoms with Crippen LogP contribution in [0.4, 0.5) is 5.69 Å². The number of phenolic OH excluding ortho intramolecular Hbond substituents is 1. The van der Waals surface area contributed by atoms with Gasteiger partial charge in [0.05, 0.1) is 4.92 Å². The Labute approximate surface area is 119 Å². The summed E-state index contributed by atoms with van der Waals surface area (Å²) in [6, 6.07) is 9.81. The van der Waals surface area contributed by atoms with E-state index in [0.717, 1.165) is 0 Å². The van der Waals surface area contributed by atoms with Gasteiger partial charge in [-0.15, -0.1) is 0 Å². The number of ether oxygens (including phenoxy) is 1. The number of nitro benzene ring substituents is 1. The molecule has 0 heterocycles. The lowest BCUT2D eigenvalue weighted by Crippen LogP contribution is -2.06. The zero-order valence-electron chi connectivity index (χ0n) is 10.7. The molecule has 108 valence electrons. The Hall–Kier alpha value is -3.09. The highest BCUT2D eigenvalue weighted by Gasteiger charge is 2.22. The van der Waals surface area contributed by atoms with E-state index in [2.05, 4.69) is 0 Å². The van der Waals surface area contributed by atoms with Gasteiger partial charge in [-0.2, -0.15) is 0 Å². The number of aromatic carboxylic acids is 1. The van der Waals surface area contributed by atoms with Crippen LogP contribution < -0.4 is 4.74 Å². The number of carboxylic acid groups (broad SMARTS) is 1. The Bertz CT molecular complexity index is 665. The van der Waals surface area contributed by atoms with Gasteiger partial charge in [-0.1, -0.05) is 18.2 Å². The largest absolute Gasteiger partial charge is 0.508 e. The summed E-state index contributed by atoms with van der Waals surface area (Å²) in [7, 11) is 0. The van der Waals surface area contributed by atoms with Crippen molar-refractivity contribution in [1.29, 1.82) is 0 Å². The van der Waals surface area contributed by atoms with Crippen molar-refractivity contribution in [3.63, 3.8) is 0 Å². The number of carbonyl (C=O) groups is 1. The van der Waals surface area contributed by atoms with Gasteiger partial charge in [0.2, 0.25) is 5.75 Å². The number of nitro groups is 1. The highest BCUT2D eigenvalue weighted by atomic mass is 16.6. The zero-order chi connectivity index (χ0) is 15.4. The summed E-state index contributed by atoms with van der Waals surface area (Å²) >= 11 is 0. The fourth-order valence-electron chi connectivity index (χ4n) is 1.79. The molecule has 0 atom stereocenters. The molecule has 0 aliphatic carbocycles. The minimum absolute atomic E-state index is 0.0251. The van der Waals surface area contributed by atoms with Crippen LogP contribution in [0, 0.1) is 10.1 Å². The lowest BCUT2D eigenvalue weighted by molar-refractivity contribution is -0.386. The molecule has 21 heavy (non-hydrogen) atoms. The first-order valence-electron chi connectivity index (χ1n) is 5.90. The van der Waals surface area contributed by atoms with Crippen molar-refractivity contribution in [3.8, 4) is 11.5 Å². The highest BCUT2D eigenvalue weighted by Crippen LogP contribution is 2.31. The van der Waals surface area contributed by atoms with Gasteiger partial charge in [0.15, 0.2) is 0 Å². The van der Waals surface area contributed by atoms with Crippen LogP contribution in [0.2, 0.25) is 0 Å². The van der Waals surface area contributed by atoms with Gasteiger partial charge in [-0.3, -0.25) is 10.1 Å². The van der Waals surface area contributed by atoms with Gasteiger partial charge in [0, 0.05) is 6.07 Å². The average molecular weight is 289 g/mol. The fourth-order valence-corrected chi connectivity index (χ4v) is 1.79. The van der Waals surface area contributed by atoms with E-state index in [0.29, 0.717) is 5.56 Å². The molecule has 0 aliphatic heterocycles. The summed E-state index contributed by atoms with van der Waals surface area (Å²) in [5.74, 6) is -1.60. The number of para-hydroxylation sites is 1. The van der Waals surface area contributed by atoms with Crippen molar-refractivity contribution in [2.24, 2.45) is 0 Å². The maximum Gasteiger partial charge on any atom is 0.339 e. The molecular weight excluding hydrogens is 278 g/mol. The summed E-state index contributed by atoms with van der Waals surface area (Å²) in [4.78, 5) is 21.4. The minimum Gasteiger partial charge on any atom is -0.508 e. The van der Waals surface area contributed by atoms with Crippen LogP contribution >= 0.6 is 0 Å². The molecular formula is C14H11NO6. The molecule has 0 saturated heterocycles. The van der Waals surface area contributed by atoms with Crippen molar-refractivity contribution in [2.75, 3.05) is 0 Å². The number of phenols is 1. The normalized spacial score (nSPS) is 10.1. The molecule has 0 unspecified atom stereocenters. The van der Waals surface area contributed by atoms with Gasteiger partial charge in [-0.25, -0.2) is 4.79 Å². The maximum atomic E-state index is 11.1. The molecule has 2 aromatic carbocycles. The Morgan fingerprint density at radius 3 is 2.57 bits per heavy atom. The first-order chi connectivity index (χ1) is 9.99. The number of aromatic hydroxyl groups is 1. The molecule has 0 radical (unpaired) electrons. The number of carboxylic acids is 1. The van der Waals surface area contributed by atoms with E-state index in [1.54, 1.807) is 12.1 Å². The van der Waals surface area contributed by atoms with Crippen molar-refractivity contribution >= 4 is 11.7 Å². The van der Waals surface area contributed by atoms with Crippen LogP contribution in [0.1, 0.15) is 15.9 Å². The third-order valence-corrected chi connectivity index (χ3v) is 2.72. The molecule has 0 bridgehead atoms. The quantitative estimate of drug-likeness (QED) is 0.646. The Morgan fingerprint density at radius 1 is 1.24 bits per heavy atom. The van der Waals surface area contributed by atoms with E-state index in [-0.39, 0.29) is 23.7 Å². The van der Waals surface area contributed by atoms with Crippen LogP contribution in [0.3, 0.4) is 0 Å². The van der Waals surface area contributed by atoms with E-state index in [1.807, 2.05) is 0 Å². The zero-order valence-corrected chi connectivity index (χ0v) is 10.7. The lowest BCUT2D eigenvalue weighted by atomic mass is 10.1. The molecule has 7 nitrogen and oxygen atoms in total. The van der Waals surface area contributed by atoms with Crippen molar-refractivity contribution < 1.29 is 24.7 Å². The van der Waals surface area contributed by atoms with Gasteiger partial charge in [0.1, 0.15) is 17.9 Å². The second-order valence-electron chi connectivity index (χ2n) is 4.17. The molecule has 2 rings (SSSR count). The molecule has 0 saturated carbocycles. The van der Waals surface area contributed by atoms with Crippen LogP contribution in [0.5, 0.6) is 11.5 Å². The SMILES string of the molecule is O=C(O)c1cccc([N+](=O)[O-])c1OCc1cccc(O)c1. The van der Waals surface area contributed by atoms with Crippen LogP contribution in [-0.4, -0.2) is 21.1 Å². The van der Waals surface area contributed by atoms with Gasteiger partial charge in [0.25, 0.3) is 0 Å². The molecule has 0 aliphatic rings. The average Bonchev–Trinajstić information content (AvgIpc) is 2.44. The summed E-state index contributed by atoms with van der Waals surface area (Å²) in [6.45, 7) is -0.0977. The van der Waals surface area contributed by atoms with E-state index < -0.39 is 16.6 Å². The first-order valence-corrected chi connectivity index (χ1v) is 5.90. The van der Waals surface area contributed by atoms with Crippen molar-refractivity contribution in [3.05, 3.63) is 63.7 Å². The van der Waals surface area contributed by atoms with E-state index in [9.17, 15) is 20.0 Å². The molecule has 7 heteroatoms. The first kappa shape index (κ1) is 14.3. The molecule has 0 spiro atoms. The number of rotatable bonds is 5. The standard InChI is InChI=1S/C14H11NO6/c16-10-4-1-3-9(7-10)8-21-13-11(14(17)18)5-2-6-12(13)15(19)20/h1-7,16H,8H2,(H,17,18). The Morgan fingerprint density at radius 2 is 1.95 bits per heavy atom. The van der Waals surface area contributed by atoms with E-state index in [4.69, 9.17) is 9.84 Å². The van der Waals surface area contributed by atoms with Crippen molar-refractivity contribution in [1.82, 2.24) is 0 Å². The molecule has 2 N–H and O–H groups in total. The topological polar surface area (TPSA) is 110 Å². The third kappa shape index (κ3) is 3.27. The smallest absolute Gasteiger partial charge is 0.339 e. The van der Waals surface area contributed by atoms with Gasteiger partial charge < -0.3 is 14.9 Å². The second kappa shape index (κ2) is 5.91. The third-order valence-electron chi connectivity index (χ3n) is 2.72. The Kier molecular flexibility index (Phi) is 4.03. The number of nitrogens with zero attached hydrogens (tertiary/aromatic N) is 1. The van der Waals surface area contributed by atoms with Crippen LogP contribution in [0.15, 0.2) is 42.5 Å². The van der Waals surface area contributed by atoms with Gasteiger partial charge in [-0.05, 0) is 23.8 Å². The van der Waals surface area contributed by atoms with E-state index >= 15 is 0 Å². The Balaban J connectivity index is 2.33. The molecule has 0 amide bonds. The summed E-state index contributed by atoms with van der Waals surface area (Å²) in [6.07, 6.45) is 0. The monoisotopic (exact) mass is 289 g/mol. The highest BCUT2D eigenvalue weighted by molar-refractivity contribution is 5.92. The summed E-state index contributed by atoms with van der Waals surface area (Å²) < 4.78 is 5.30. The van der Waals surface area contributed by atoms with Gasteiger partial charge >= 0.3 is 11.7 Å². The fraction of sp³-hybridized carbons (Fsp3) is 0.0714. The van der Waals surface area contributed by atoms with Crippen molar-refractivity contribution in [2.45, 2.75) is 6.61 Å². The molecule has 2 aromatic rings. The predicted octanol–water partition coefficient (Wildman–Crippen LogP) is 2.58. The molecule has 0 aromatic heterocycles. The number of hydrogen-bond acceptors (Lipinski definition) is 5. The van der Waals surface area contributed by atoms with Crippen LogP contribution in [-0.2, 0) is 6.61 Å². The summed E-state index contributed by atoms with van der Waals surface area (Å²) in [5, 5.41) is 29.4. The maximum absolute atomic E-state index is 11.1. The van der Waals surface area contributed by atoms with E-state index in [1.165, 1.54) is 30.3 Å². The number of benzene rings is 2.